The molecule has 8 heteroatoms. The van der Waals surface area contributed by atoms with Crippen LogP contribution in [0, 0.1) is 5.82 Å². The number of unbranched alkanes of at least 4 members (excludes halogenated alkanes) is 1. The second kappa shape index (κ2) is 7.43. The largest absolute Gasteiger partial charge is 0.328 e. The Hall–Kier alpha value is -2.74. The lowest BCUT2D eigenvalue weighted by Crippen LogP contribution is -2.34. The van der Waals surface area contributed by atoms with Crippen LogP contribution in [0.15, 0.2) is 45.3 Å². The van der Waals surface area contributed by atoms with Crippen LogP contribution in [0.2, 0.25) is 0 Å². The number of anilines is 1. The molecular weight excluding hydrogens is 345 g/mol. The molecule has 0 aliphatic carbocycles. The molecule has 0 atom stereocenters. The zero-order valence-electron chi connectivity index (χ0n) is 13.3. The number of nitrogens with one attached hydrogen (secondary N) is 2. The Morgan fingerprint density at radius 3 is 2.68 bits per heavy atom. The molecule has 1 aromatic carbocycles. The third-order valence-electron chi connectivity index (χ3n) is 3.75. The number of thiophene rings is 1. The Kier molecular flexibility index (Phi) is 5.08. The number of hydrogen-bond acceptors (Lipinski definition) is 4. The van der Waals surface area contributed by atoms with Gasteiger partial charge in [-0.3, -0.25) is 14.2 Å². The van der Waals surface area contributed by atoms with E-state index in [1.165, 1.54) is 35.6 Å². The number of aromatic nitrogens is 2. The Morgan fingerprint density at radius 2 is 1.92 bits per heavy atom. The lowest BCUT2D eigenvalue weighted by Gasteiger charge is -2.06. The summed E-state index contributed by atoms with van der Waals surface area (Å²) in [6.45, 7) is 0.256. The van der Waals surface area contributed by atoms with Crippen molar-refractivity contribution in [3.63, 3.8) is 0 Å². The van der Waals surface area contributed by atoms with Crippen molar-refractivity contribution in [3.8, 4) is 0 Å². The van der Waals surface area contributed by atoms with Crippen molar-refractivity contribution in [2.75, 3.05) is 5.32 Å². The van der Waals surface area contributed by atoms with Crippen molar-refractivity contribution < 1.29 is 9.18 Å². The Labute approximate surface area is 145 Å². The molecule has 0 saturated carbocycles. The molecule has 2 aromatic heterocycles. The van der Waals surface area contributed by atoms with Crippen LogP contribution in [0.1, 0.15) is 19.3 Å². The predicted octanol–water partition coefficient (Wildman–Crippen LogP) is 2.70. The summed E-state index contributed by atoms with van der Waals surface area (Å²) >= 11 is 1.29. The van der Waals surface area contributed by atoms with Crippen LogP contribution >= 0.6 is 11.3 Å². The summed E-state index contributed by atoms with van der Waals surface area (Å²) in [6.07, 6.45) is 1.31. The van der Waals surface area contributed by atoms with Crippen molar-refractivity contribution in [1.29, 1.82) is 0 Å². The maximum atomic E-state index is 12.8. The first-order chi connectivity index (χ1) is 12.0. The van der Waals surface area contributed by atoms with Crippen LogP contribution in [-0.4, -0.2) is 15.5 Å². The number of fused-ring (bicyclic) bond motifs is 1. The Morgan fingerprint density at radius 1 is 1.16 bits per heavy atom. The fourth-order valence-corrected chi connectivity index (χ4v) is 3.28. The first kappa shape index (κ1) is 17.1. The lowest BCUT2D eigenvalue weighted by atomic mass is 10.2. The van der Waals surface area contributed by atoms with Gasteiger partial charge in [-0.05, 0) is 48.6 Å². The molecule has 0 aliphatic rings. The summed E-state index contributed by atoms with van der Waals surface area (Å²) in [4.78, 5) is 38.7. The summed E-state index contributed by atoms with van der Waals surface area (Å²) in [6, 6.07) is 7.22. The molecule has 3 rings (SSSR count). The average molecular weight is 361 g/mol. The number of aromatic amines is 1. The molecule has 0 spiro atoms. The van der Waals surface area contributed by atoms with Gasteiger partial charge in [0.15, 0.2) is 0 Å². The molecule has 0 aliphatic heterocycles. The van der Waals surface area contributed by atoms with Crippen LogP contribution in [0.25, 0.3) is 10.2 Å². The molecule has 3 aromatic rings. The summed E-state index contributed by atoms with van der Waals surface area (Å²) in [5.74, 6) is -0.557. The van der Waals surface area contributed by atoms with E-state index in [0.29, 0.717) is 28.7 Å². The zero-order chi connectivity index (χ0) is 17.8. The molecule has 2 heterocycles. The maximum absolute atomic E-state index is 12.8. The van der Waals surface area contributed by atoms with E-state index in [1.54, 1.807) is 11.4 Å². The van der Waals surface area contributed by atoms with Crippen molar-refractivity contribution in [3.05, 3.63) is 62.4 Å². The van der Waals surface area contributed by atoms with Crippen LogP contribution in [0.4, 0.5) is 10.1 Å². The van der Waals surface area contributed by atoms with Gasteiger partial charge in [0.1, 0.15) is 10.5 Å². The van der Waals surface area contributed by atoms with Gasteiger partial charge in [0.05, 0.1) is 5.52 Å². The lowest BCUT2D eigenvalue weighted by molar-refractivity contribution is -0.116. The van der Waals surface area contributed by atoms with E-state index in [-0.39, 0.29) is 30.2 Å². The van der Waals surface area contributed by atoms with E-state index in [1.807, 2.05) is 0 Å². The smallest absolute Gasteiger partial charge is 0.326 e. The highest BCUT2D eigenvalue weighted by atomic mass is 32.1. The van der Waals surface area contributed by atoms with Crippen molar-refractivity contribution in [1.82, 2.24) is 9.55 Å². The Bertz CT molecular complexity index is 1000. The number of nitrogens with zero attached hydrogens (tertiary/aromatic N) is 1. The zero-order valence-corrected chi connectivity index (χ0v) is 14.1. The van der Waals surface area contributed by atoms with E-state index in [4.69, 9.17) is 0 Å². The molecule has 0 saturated heterocycles. The number of hydrogen-bond donors (Lipinski definition) is 2. The molecule has 6 nitrogen and oxygen atoms in total. The normalized spacial score (nSPS) is 10.9. The van der Waals surface area contributed by atoms with Crippen LogP contribution in [0.3, 0.4) is 0 Å². The first-order valence-electron chi connectivity index (χ1n) is 7.80. The van der Waals surface area contributed by atoms with Gasteiger partial charge < -0.3 is 10.3 Å². The van der Waals surface area contributed by atoms with E-state index in [2.05, 4.69) is 10.3 Å². The number of halogens is 1. The summed E-state index contributed by atoms with van der Waals surface area (Å²) in [5.41, 5.74) is 0.341. The quantitative estimate of drug-likeness (QED) is 0.662. The third kappa shape index (κ3) is 4.03. The second-order valence-electron chi connectivity index (χ2n) is 5.56. The predicted molar refractivity (Wildman–Crippen MR) is 95.6 cm³/mol. The summed E-state index contributed by atoms with van der Waals surface area (Å²) in [5, 5.41) is 4.43. The van der Waals surface area contributed by atoms with Crippen molar-refractivity contribution in [2.45, 2.75) is 25.8 Å². The molecule has 0 bridgehead atoms. The van der Waals surface area contributed by atoms with Gasteiger partial charge >= 0.3 is 5.69 Å². The van der Waals surface area contributed by atoms with Gasteiger partial charge in [0.2, 0.25) is 5.91 Å². The van der Waals surface area contributed by atoms with E-state index >= 15 is 0 Å². The van der Waals surface area contributed by atoms with Crippen LogP contribution in [-0.2, 0) is 11.3 Å². The number of rotatable bonds is 6. The minimum Gasteiger partial charge on any atom is -0.326 e. The summed E-state index contributed by atoms with van der Waals surface area (Å²) < 4.78 is 14.5. The summed E-state index contributed by atoms with van der Waals surface area (Å²) in [7, 11) is 0. The SMILES string of the molecule is O=C(CCCCn1c(=O)[nH]c2ccsc2c1=O)Nc1ccc(F)cc1. The van der Waals surface area contributed by atoms with Gasteiger partial charge in [-0.15, -0.1) is 11.3 Å². The molecule has 25 heavy (non-hydrogen) atoms. The second-order valence-corrected chi connectivity index (χ2v) is 6.48. The minimum absolute atomic E-state index is 0.193. The van der Waals surface area contributed by atoms with Gasteiger partial charge in [-0.2, -0.15) is 0 Å². The molecular formula is C17H16FN3O3S. The number of H-pyrrole nitrogens is 1. The highest BCUT2D eigenvalue weighted by Gasteiger charge is 2.09. The van der Waals surface area contributed by atoms with Crippen LogP contribution in [0.5, 0.6) is 0 Å². The van der Waals surface area contributed by atoms with Gasteiger partial charge in [0.25, 0.3) is 5.56 Å². The maximum Gasteiger partial charge on any atom is 0.328 e. The van der Waals surface area contributed by atoms with Crippen molar-refractivity contribution >= 4 is 33.1 Å². The van der Waals surface area contributed by atoms with E-state index in [9.17, 15) is 18.8 Å². The fraction of sp³-hybridized carbons (Fsp3) is 0.235. The standard InChI is InChI=1S/C17H16FN3O3S/c18-11-4-6-12(7-5-11)19-14(22)3-1-2-9-21-16(23)15-13(8-10-25-15)20-17(21)24/h4-8,10H,1-3,9H2,(H,19,22)(H,20,24). The molecule has 0 radical (unpaired) electrons. The number of benzene rings is 1. The number of carbonyl (C=O) groups excluding carboxylic acids is 1. The highest BCUT2D eigenvalue weighted by molar-refractivity contribution is 7.17. The van der Waals surface area contributed by atoms with E-state index < -0.39 is 5.69 Å². The van der Waals surface area contributed by atoms with Gasteiger partial charge in [0, 0.05) is 18.7 Å². The highest BCUT2D eigenvalue weighted by Crippen LogP contribution is 2.12. The Balaban J connectivity index is 1.53. The average Bonchev–Trinajstić information content (AvgIpc) is 3.04. The van der Waals surface area contributed by atoms with Gasteiger partial charge in [-0.25, -0.2) is 9.18 Å². The molecule has 0 fully saturated rings. The molecule has 2 N–H and O–H groups in total. The van der Waals surface area contributed by atoms with Crippen molar-refractivity contribution in [2.24, 2.45) is 0 Å². The number of carbonyl (C=O) groups is 1. The monoisotopic (exact) mass is 361 g/mol. The fourth-order valence-electron chi connectivity index (χ4n) is 2.49. The topological polar surface area (TPSA) is 84.0 Å². The first-order valence-corrected chi connectivity index (χ1v) is 8.68. The third-order valence-corrected chi connectivity index (χ3v) is 4.66. The molecule has 0 unspecified atom stereocenters. The minimum atomic E-state index is -0.438. The van der Waals surface area contributed by atoms with Crippen LogP contribution < -0.4 is 16.6 Å². The molecule has 130 valence electrons. The molecule has 1 amide bonds. The number of amides is 1. The van der Waals surface area contributed by atoms with Gasteiger partial charge in [-0.1, -0.05) is 0 Å². The van der Waals surface area contributed by atoms with E-state index in [0.717, 1.165) is 4.57 Å².